The predicted octanol–water partition coefficient (Wildman–Crippen LogP) is 5.61. The number of hydrogen-bond acceptors (Lipinski definition) is 1. The lowest BCUT2D eigenvalue weighted by molar-refractivity contribution is 0.0906. The molecule has 1 nitrogen and oxygen atoms in total. The second-order valence-electron chi connectivity index (χ2n) is 5.22. The van der Waals surface area contributed by atoms with Crippen molar-refractivity contribution in [2.75, 3.05) is 0 Å². The minimum absolute atomic E-state index is 0.338. The Labute approximate surface area is 126 Å². The molecule has 18 heavy (non-hydrogen) atoms. The summed E-state index contributed by atoms with van der Waals surface area (Å²) >= 11 is 7.04. The maximum Gasteiger partial charge on any atom is 0.0829 e. The Bertz CT molecular complexity index is 384. The number of rotatable bonds is 2. The van der Waals surface area contributed by atoms with E-state index in [2.05, 4.69) is 31.9 Å². The summed E-state index contributed by atoms with van der Waals surface area (Å²) in [5, 5.41) is 10.6. The molecule has 0 aromatic heterocycles. The monoisotopic (exact) mass is 374 g/mol. The van der Waals surface area contributed by atoms with Crippen LogP contribution in [0.15, 0.2) is 27.1 Å². The fourth-order valence-electron chi connectivity index (χ4n) is 2.80. The molecule has 100 valence electrons. The highest BCUT2D eigenvalue weighted by atomic mass is 79.9. The molecule has 0 radical (unpaired) electrons. The first-order chi connectivity index (χ1) is 8.68. The summed E-state index contributed by atoms with van der Waals surface area (Å²) in [4.78, 5) is 0. The average molecular weight is 376 g/mol. The number of aliphatic hydroxyl groups excluding tert-OH is 1. The molecule has 3 heteroatoms. The summed E-state index contributed by atoms with van der Waals surface area (Å²) in [6, 6.07) is 6.04. The second-order valence-corrected chi connectivity index (χ2v) is 6.99. The van der Waals surface area contributed by atoms with Gasteiger partial charge in [0.2, 0.25) is 0 Å². The van der Waals surface area contributed by atoms with Crippen molar-refractivity contribution in [3.8, 4) is 0 Å². The van der Waals surface area contributed by atoms with Gasteiger partial charge in [-0.3, -0.25) is 0 Å². The molecule has 2 rings (SSSR count). The highest BCUT2D eigenvalue weighted by molar-refractivity contribution is 9.11. The molecule has 1 N–H and O–H groups in total. The Morgan fingerprint density at radius 1 is 1.00 bits per heavy atom. The Morgan fingerprint density at radius 2 is 1.61 bits per heavy atom. The molecule has 0 aliphatic heterocycles. The third kappa shape index (κ3) is 3.82. The maximum atomic E-state index is 10.6. The van der Waals surface area contributed by atoms with Gasteiger partial charge in [0.1, 0.15) is 0 Å². The minimum Gasteiger partial charge on any atom is -0.388 e. The first-order valence-electron chi connectivity index (χ1n) is 6.81. The van der Waals surface area contributed by atoms with E-state index in [0.29, 0.717) is 5.92 Å². The lowest BCUT2D eigenvalue weighted by atomic mass is 9.84. The molecule has 0 heterocycles. The van der Waals surface area contributed by atoms with Gasteiger partial charge in [-0.25, -0.2) is 0 Å². The van der Waals surface area contributed by atoms with E-state index in [0.717, 1.165) is 27.4 Å². The number of hydrogen-bond donors (Lipinski definition) is 1. The third-order valence-corrected chi connectivity index (χ3v) is 5.09. The second kappa shape index (κ2) is 7.06. The molecule has 1 aliphatic rings. The van der Waals surface area contributed by atoms with E-state index < -0.39 is 0 Å². The molecule has 0 spiro atoms. The zero-order valence-corrected chi connectivity index (χ0v) is 13.7. The number of aliphatic hydroxyl groups is 1. The van der Waals surface area contributed by atoms with Crippen LogP contribution in [0.3, 0.4) is 0 Å². The van der Waals surface area contributed by atoms with E-state index in [-0.39, 0.29) is 6.10 Å². The van der Waals surface area contributed by atoms with Gasteiger partial charge in [0.15, 0.2) is 0 Å². The summed E-state index contributed by atoms with van der Waals surface area (Å²) in [7, 11) is 0. The van der Waals surface area contributed by atoms with E-state index in [9.17, 15) is 5.11 Å². The van der Waals surface area contributed by atoms with Gasteiger partial charge < -0.3 is 5.11 Å². The highest BCUT2D eigenvalue weighted by Gasteiger charge is 2.23. The van der Waals surface area contributed by atoms with Gasteiger partial charge in [-0.1, -0.05) is 64.0 Å². The van der Waals surface area contributed by atoms with Crippen LogP contribution in [0.25, 0.3) is 0 Å². The normalized spacial score (nSPS) is 20.2. The van der Waals surface area contributed by atoms with Gasteiger partial charge in [-0.05, 0) is 42.5 Å². The standard InChI is InChI=1S/C15H20Br2O/c16-12-8-9-14(17)13(10-12)15(18)11-6-4-2-1-3-5-7-11/h8-11,15,18H,1-7H2. The third-order valence-electron chi connectivity index (χ3n) is 3.87. The van der Waals surface area contributed by atoms with Crippen LogP contribution in [0, 0.1) is 5.92 Å². The topological polar surface area (TPSA) is 20.2 Å². The molecule has 1 aliphatic carbocycles. The van der Waals surface area contributed by atoms with Crippen LogP contribution in [0.2, 0.25) is 0 Å². The van der Waals surface area contributed by atoms with Crippen LogP contribution in [0.4, 0.5) is 0 Å². The van der Waals surface area contributed by atoms with Crippen LogP contribution >= 0.6 is 31.9 Å². The molecule has 1 atom stereocenters. The fourth-order valence-corrected chi connectivity index (χ4v) is 3.66. The molecule has 0 amide bonds. The van der Waals surface area contributed by atoms with E-state index >= 15 is 0 Å². The van der Waals surface area contributed by atoms with E-state index in [4.69, 9.17) is 0 Å². The zero-order chi connectivity index (χ0) is 13.0. The number of halogens is 2. The summed E-state index contributed by atoms with van der Waals surface area (Å²) in [5.41, 5.74) is 1.02. The molecule has 0 bridgehead atoms. The minimum atomic E-state index is -0.338. The van der Waals surface area contributed by atoms with Crippen LogP contribution in [-0.4, -0.2) is 5.11 Å². The number of benzene rings is 1. The maximum absolute atomic E-state index is 10.6. The smallest absolute Gasteiger partial charge is 0.0829 e. The van der Waals surface area contributed by atoms with Gasteiger partial charge in [0.05, 0.1) is 6.10 Å². The van der Waals surface area contributed by atoms with Crippen molar-refractivity contribution in [1.82, 2.24) is 0 Å². The van der Waals surface area contributed by atoms with Gasteiger partial charge in [-0.2, -0.15) is 0 Å². The molecular weight excluding hydrogens is 356 g/mol. The Kier molecular flexibility index (Phi) is 5.71. The molecular formula is C15H20Br2O. The summed E-state index contributed by atoms with van der Waals surface area (Å²) in [5.74, 6) is 0.413. The average Bonchev–Trinajstić information content (AvgIpc) is 2.31. The summed E-state index contributed by atoms with van der Waals surface area (Å²) in [6.07, 6.45) is 8.49. The zero-order valence-electron chi connectivity index (χ0n) is 10.5. The van der Waals surface area contributed by atoms with Crippen molar-refractivity contribution in [1.29, 1.82) is 0 Å². The van der Waals surface area contributed by atoms with Gasteiger partial charge in [-0.15, -0.1) is 0 Å². The molecule has 1 unspecified atom stereocenters. The molecule has 1 saturated carbocycles. The van der Waals surface area contributed by atoms with Gasteiger partial charge in [0, 0.05) is 8.95 Å². The fraction of sp³-hybridized carbons (Fsp3) is 0.600. The van der Waals surface area contributed by atoms with E-state index in [1.165, 1.54) is 32.1 Å². The van der Waals surface area contributed by atoms with Crippen LogP contribution in [-0.2, 0) is 0 Å². The molecule has 1 aromatic rings. The quantitative estimate of drug-likeness (QED) is 0.712. The van der Waals surface area contributed by atoms with Crippen LogP contribution in [0.1, 0.15) is 56.6 Å². The van der Waals surface area contributed by atoms with Crippen molar-refractivity contribution in [3.63, 3.8) is 0 Å². The summed E-state index contributed by atoms with van der Waals surface area (Å²) < 4.78 is 2.05. The predicted molar refractivity (Wildman–Crippen MR) is 82.6 cm³/mol. The highest BCUT2D eigenvalue weighted by Crippen LogP contribution is 2.36. The first-order valence-corrected chi connectivity index (χ1v) is 8.40. The van der Waals surface area contributed by atoms with Crippen molar-refractivity contribution < 1.29 is 5.11 Å². The Hall–Kier alpha value is 0.140. The Morgan fingerprint density at radius 3 is 2.28 bits per heavy atom. The van der Waals surface area contributed by atoms with Gasteiger partial charge in [0.25, 0.3) is 0 Å². The Balaban J connectivity index is 2.12. The first kappa shape index (κ1) is 14.5. The van der Waals surface area contributed by atoms with E-state index in [1.807, 2.05) is 18.2 Å². The lowest BCUT2D eigenvalue weighted by Crippen LogP contribution is -2.14. The molecule has 1 aromatic carbocycles. The molecule has 0 saturated heterocycles. The lowest BCUT2D eigenvalue weighted by Gasteiger charge is -2.26. The van der Waals surface area contributed by atoms with Crippen molar-refractivity contribution in [2.45, 2.75) is 51.0 Å². The van der Waals surface area contributed by atoms with Crippen LogP contribution < -0.4 is 0 Å². The van der Waals surface area contributed by atoms with Gasteiger partial charge >= 0.3 is 0 Å². The molecule has 1 fully saturated rings. The van der Waals surface area contributed by atoms with E-state index in [1.54, 1.807) is 0 Å². The largest absolute Gasteiger partial charge is 0.388 e. The van der Waals surface area contributed by atoms with Crippen molar-refractivity contribution >= 4 is 31.9 Å². The summed E-state index contributed by atoms with van der Waals surface area (Å²) in [6.45, 7) is 0. The van der Waals surface area contributed by atoms with Crippen molar-refractivity contribution in [2.24, 2.45) is 5.92 Å². The SMILES string of the molecule is OC(c1cc(Br)ccc1Br)C1CCCCCCC1. The van der Waals surface area contributed by atoms with Crippen molar-refractivity contribution in [3.05, 3.63) is 32.7 Å². The van der Waals surface area contributed by atoms with Crippen LogP contribution in [0.5, 0.6) is 0 Å².